The van der Waals surface area contributed by atoms with Crippen molar-refractivity contribution in [2.24, 2.45) is 0 Å². The van der Waals surface area contributed by atoms with Crippen LogP contribution in [-0.2, 0) is 0 Å². The first-order valence-electron chi connectivity index (χ1n) is 6.39. The van der Waals surface area contributed by atoms with Gasteiger partial charge in [0.1, 0.15) is 5.52 Å². The van der Waals surface area contributed by atoms with Crippen molar-refractivity contribution in [3.05, 3.63) is 46.5 Å². The fourth-order valence-electron chi connectivity index (χ4n) is 2.18. The molecule has 0 aliphatic rings. The predicted octanol–water partition coefficient (Wildman–Crippen LogP) is 3.66. The predicted molar refractivity (Wildman–Crippen MR) is 78.7 cm³/mol. The summed E-state index contributed by atoms with van der Waals surface area (Å²) >= 11 is 1.77. The standard InChI is InChI=1S/C14H16N4S/c1-3-11(13-5-4-8-19-13)16-14-12-9-10(2)17-18(12)7-6-15-14/h4-9,11H,3H2,1-2H3,(H,15,16). The monoisotopic (exact) mass is 272 g/mol. The van der Waals surface area contributed by atoms with E-state index in [9.17, 15) is 0 Å². The summed E-state index contributed by atoms with van der Waals surface area (Å²) in [6, 6.07) is 6.60. The molecular weight excluding hydrogens is 256 g/mol. The Morgan fingerprint density at radius 1 is 1.47 bits per heavy atom. The minimum Gasteiger partial charge on any atom is -0.361 e. The maximum atomic E-state index is 4.45. The Kier molecular flexibility index (Phi) is 3.21. The van der Waals surface area contributed by atoms with Gasteiger partial charge >= 0.3 is 0 Å². The molecule has 0 bridgehead atoms. The number of anilines is 1. The lowest BCUT2D eigenvalue weighted by molar-refractivity contribution is 0.758. The second-order valence-electron chi connectivity index (χ2n) is 4.51. The van der Waals surface area contributed by atoms with Gasteiger partial charge in [0.15, 0.2) is 5.82 Å². The molecule has 0 aliphatic heterocycles. The first kappa shape index (κ1) is 12.2. The van der Waals surface area contributed by atoms with Gasteiger partial charge in [-0.2, -0.15) is 5.10 Å². The lowest BCUT2D eigenvalue weighted by atomic mass is 10.2. The molecule has 1 atom stereocenters. The minimum absolute atomic E-state index is 0.300. The summed E-state index contributed by atoms with van der Waals surface area (Å²) < 4.78 is 1.87. The molecule has 0 aromatic carbocycles. The number of rotatable bonds is 4. The highest BCUT2D eigenvalue weighted by Gasteiger charge is 2.13. The van der Waals surface area contributed by atoms with Gasteiger partial charge < -0.3 is 5.32 Å². The van der Waals surface area contributed by atoms with E-state index < -0.39 is 0 Å². The third kappa shape index (κ3) is 2.33. The molecule has 0 saturated carbocycles. The van der Waals surface area contributed by atoms with Gasteiger partial charge in [-0.1, -0.05) is 13.0 Å². The molecule has 1 N–H and O–H groups in total. The lowest BCUT2D eigenvalue weighted by Crippen LogP contribution is -2.10. The maximum absolute atomic E-state index is 4.45. The Hall–Kier alpha value is -1.88. The number of aromatic nitrogens is 3. The summed E-state index contributed by atoms with van der Waals surface area (Å²) in [6.45, 7) is 4.17. The van der Waals surface area contributed by atoms with E-state index in [2.05, 4.69) is 45.9 Å². The van der Waals surface area contributed by atoms with E-state index in [0.29, 0.717) is 6.04 Å². The molecule has 0 fully saturated rings. The molecule has 0 radical (unpaired) electrons. The van der Waals surface area contributed by atoms with E-state index >= 15 is 0 Å². The largest absolute Gasteiger partial charge is 0.361 e. The molecule has 0 spiro atoms. The molecule has 19 heavy (non-hydrogen) atoms. The average molecular weight is 272 g/mol. The highest BCUT2D eigenvalue weighted by molar-refractivity contribution is 7.10. The Morgan fingerprint density at radius 2 is 2.37 bits per heavy atom. The second kappa shape index (κ2) is 5.01. The summed E-state index contributed by atoms with van der Waals surface area (Å²) in [6.07, 6.45) is 4.68. The van der Waals surface area contributed by atoms with Crippen molar-refractivity contribution < 1.29 is 0 Å². The summed E-state index contributed by atoms with van der Waals surface area (Å²) in [5, 5.41) is 10.0. The van der Waals surface area contributed by atoms with Gasteiger partial charge in [-0.15, -0.1) is 11.3 Å². The first-order chi connectivity index (χ1) is 9.28. The van der Waals surface area contributed by atoms with Crippen molar-refractivity contribution in [1.29, 1.82) is 0 Å². The fourth-order valence-corrected chi connectivity index (χ4v) is 3.05. The number of fused-ring (bicyclic) bond motifs is 1. The van der Waals surface area contributed by atoms with Crippen molar-refractivity contribution in [1.82, 2.24) is 14.6 Å². The molecule has 98 valence electrons. The van der Waals surface area contributed by atoms with Gasteiger partial charge in [0, 0.05) is 17.3 Å². The first-order valence-corrected chi connectivity index (χ1v) is 7.27. The molecule has 3 aromatic heterocycles. The van der Waals surface area contributed by atoms with Gasteiger partial charge in [-0.05, 0) is 30.9 Å². The zero-order chi connectivity index (χ0) is 13.2. The molecule has 0 aliphatic carbocycles. The summed E-state index contributed by atoms with van der Waals surface area (Å²) in [5.74, 6) is 0.892. The van der Waals surface area contributed by atoms with Gasteiger partial charge in [0.25, 0.3) is 0 Å². The molecular formula is C14H16N4S. The third-order valence-electron chi connectivity index (χ3n) is 3.12. The van der Waals surface area contributed by atoms with Crippen molar-refractivity contribution in [3.8, 4) is 0 Å². The number of thiophene rings is 1. The van der Waals surface area contributed by atoms with Crippen LogP contribution in [0.3, 0.4) is 0 Å². The van der Waals surface area contributed by atoms with E-state index in [1.807, 2.05) is 17.6 Å². The van der Waals surface area contributed by atoms with Crippen molar-refractivity contribution >= 4 is 22.7 Å². The lowest BCUT2D eigenvalue weighted by Gasteiger charge is -2.16. The van der Waals surface area contributed by atoms with E-state index in [1.54, 1.807) is 17.5 Å². The Labute approximate surface area is 116 Å². The van der Waals surface area contributed by atoms with Crippen molar-refractivity contribution in [3.63, 3.8) is 0 Å². The quantitative estimate of drug-likeness (QED) is 0.788. The van der Waals surface area contributed by atoms with Crippen LogP contribution in [0.4, 0.5) is 5.82 Å². The van der Waals surface area contributed by atoms with Crippen molar-refractivity contribution in [2.75, 3.05) is 5.32 Å². The Morgan fingerprint density at radius 3 is 3.11 bits per heavy atom. The molecule has 3 aromatic rings. The van der Waals surface area contributed by atoms with Crippen LogP contribution in [0, 0.1) is 6.92 Å². The van der Waals surface area contributed by atoms with E-state index in [-0.39, 0.29) is 0 Å². The minimum atomic E-state index is 0.300. The molecule has 1 unspecified atom stereocenters. The smallest absolute Gasteiger partial charge is 0.152 e. The summed E-state index contributed by atoms with van der Waals surface area (Å²) in [5.41, 5.74) is 2.02. The van der Waals surface area contributed by atoms with Crippen LogP contribution in [0.1, 0.15) is 30.0 Å². The van der Waals surface area contributed by atoms with E-state index in [4.69, 9.17) is 0 Å². The molecule has 3 rings (SSSR count). The SMILES string of the molecule is CCC(Nc1nccn2nc(C)cc12)c1cccs1. The topological polar surface area (TPSA) is 42.2 Å². The fraction of sp³-hybridized carbons (Fsp3) is 0.286. The molecule has 5 heteroatoms. The number of hydrogen-bond donors (Lipinski definition) is 1. The van der Waals surface area contributed by atoms with Crippen LogP contribution in [0.15, 0.2) is 36.0 Å². The third-order valence-corrected chi connectivity index (χ3v) is 4.10. The highest BCUT2D eigenvalue weighted by atomic mass is 32.1. The van der Waals surface area contributed by atoms with Gasteiger partial charge in [0.2, 0.25) is 0 Å². The zero-order valence-corrected chi connectivity index (χ0v) is 11.8. The molecule has 3 heterocycles. The van der Waals surface area contributed by atoms with Gasteiger partial charge in [-0.3, -0.25) is 0 Å². The van der Waals surface area contributed by atoms with Crippen LogP contribution in [0.2, 0.25) is 0 Å². The zero-order valence-electron chi connectivity index (χ0n) is 11.0. The summed E-state index contributed by atoms with van der Waals surface area (Å²) in [4.78, 5) is 5.79. The number of nitrogens with one attached hydrogen (secondary N) is 1. The van der Waals surface area contributed by atoms with E-state index in [1.165, 1.54) is 4.88 Å². The number of hydrogen-bond acceptors (Lipinski definition) is 4. The van der Waals surface area contributed by atoms with Crippen LogP contribution in [0.25, 0.3) is 5.52 Å². The average Bonchev–Trinajstić information content (AvgIpc) is 3.03. The van der Waals surface area contributed by atoms with Gasteiger partial charge in [0.05, 0.1) is 11.7 Å². The van der Waals surface area contributed by atoms with E-state index in [0.717, 1.165) is 23.4 Å². The second-order valence-corrected chi connectivity index (χ2v) is 5.49. The molecule has 4 nitrogen and oxygen atoms in total. The number of nitrogens with zero attached hydrogens (tertiary/aromatic N) is 3. The summed E-state index contributed by atoms with van der Waals surface area (Å²) in [7, 11) is 0. The van der Waals surface area contributed by atoms with Crippen LogP contribution in [-0.4, -0.2) is 14.6 Å². The molecule has 0 amide bonds. The highest BCUT2D eigenvalue weighted by Crippen LogP contribution is 2.27. The van der Waals surface area contributed by atoms with Crippen LogP contribution < -0.4 is 5.32 Å². The Balaban J connectivity index is 1.96. The van der Waals surface area contributed by atoms with Crippen LogP contribution in [0.5, 0.6) is 0 Å². The van der Waals surface area contributed by atoms with Crippen LogP contribution >= 0.6 is 11.3 Å². The maximum Gasteiger partial charge on any atom is 0.152 e. The van der Waals surface area contributed by atoms with Crippen molar-refractivity contribution in [2.45, 2.75) is 26.3 Å². The number of aryl methyl sites for hydroxylation is 1. The normalized spacial score (nSPS) is 12.7. The molecule has 0 saturated heterocycles. The van der Waals surface area contributed by atoms with Gasteiger partial charge in [-0.25, -0.2) is 9.50 Å². The Bertz CT molecular complexity index is 672.